The van der Waals surface area contributed by atoms with Crippen LogP contribution in [0.4, 0.5) is 10.5 Å². The van der Waals surface area contributed by atoms with Gasteiger partial charge in [-0.1, -0.05) is 0 Å². The summed E-state index contributed by atoms with van der Waals surface area (Å²) in [5.74, 6) is 1.29. The Bertz CT molecular complexity index is 651. The van der Waals surface area contributed by atoms with E-state index < -0.39 is 0 Å². The van der Waals surface area contributed by atoms with E-state index in [1.54, 1.807) is 24.1 Å². The molecule has 0 radical (unpaired) electrons. The number of anilines is 1. The Morgan fingerprint density at radius 3 is 2.88 bits per heavy atom. The number of urea groups is 1. The van der Waals surface area contributed by atoms with Gasteiger partial charge < -0.3 is 29.7 Å². The van der Waals surface area contributed by atoms with Crippen LogP contribution >= 0.6 is 0 Å². The maximum absolute atomic E-state index is 12.3. The van der Waals surface area contributed by atoms with E-state index >= 15 is 0 Å². The molecule has 2 heterocycles. The highest BCUT2D eigenvalue weighted by molar-refractivity contribution is 5.97. The molecule has 1 fully saturated rings. The van der Waals surface area contributed by atoms with Gasteiger partial charge in [0.25, 0.3) is 0 Å². The van der Waals surface area contributed by atoms with Gasteiger partial charge in [0, 0.05) is 31.8 Å². The number of fused-ring (bicyclic) bond motifs is 1. The summed E-state index contributed by atoms with van der Waals surface area (Å²) in [5, 5.41) is 5.61. The zero-order valence-corrected chi connectivity index (χ0v) is 14.4. The average molecular weight is 349 g/mol. The highest BCUT2D eigenvalue weighted by Crippen LogP contribution is 2.35. The first-order valence-corrected chi connectivity index (χ1v) is 8.33. The van der Waals surface area contributed by atoms with Crippen LogP contribution in [0.1, 0.15) is 13.3 Å². The van der Waals surface area contributed by atoms with Crippen LogP contribution in [0.25, 0.3) is 0 Å². The highest BCUT2D eigenvalue weighted by atomic mass is 16.6. The zero-order valence-electron chi connectivity index (χ0n) is 14.4. The molecule has 136 valence electrons. The molecular formula is C17H23N3O5. The molecule has 1 aromatic rings. The molecule has 2 aliphatic rings. The molecule has 1 aromatic carbocycles. The standard InChI is InChI=1S/C17H23N3O5/c1-11(10-23-2)18-17(22)19-12-7-16(21)20(9-12)13-3-4-14-15(8-13)25-6-5-24-14/h3-4,8,11-12H,5-7,9-10H2,1-2H3,(H2,18,19,22)/t11-,12+/m0/s1. The molecule has 1 saturated heterocycles. The number of nitrogens with zero attached hydrogens (tertiary/aromatic N) is 1. The number of rotatable bonds is 5. The Morgan fingerprint density at radius 1 is 1.36 bits per heavy atom. The van der Waals surface area contributed by atoms with Crippen molar-refractivity contribution in [3.05, 3.63) is 18.2 Å². The molecule has 0 aliphatic carbocycles. The van der Waals surface area contributed by atoms with Crippen molar-refractivity contribution in [2.24, 2.45) is 0 Å². The second-order valence-corrected chi connectivity index (χ2v) is 6.21. The lowest BCUT2D eigenvalue weighted by atomic mass is 10.2. The summed E-state index contributed by atoms with van der Waals surface area (Å²) in [5.41, 5.74) is 0.742. The minimum Gasteiger partial charge on any atom is -0.486 e. The van der Waals surface area contributed by atoms with Crippen LogP contribution in [0, 0.1) is 0 Å². The number of hydrogen-bond donors (Lipinski definition) is 2. The molecule has 0 aromatic heterocycles. The molecule has 0 bridgehead atoms. The summed E-state index contributed by atoms with van der Waals surface area (Å²) in [7, 11) is 1.58. The largest absolute Gasteiger partial charge is 0.486 e. The fraction of sp³-hybridized carbons (Fsp3) is 0.529. The van der Waals surface area contributed by atoms with Crippen molar-refractivity contribution < 1.29 is 23.8 Å². The van der Waals surface area contributed by atoms with Crippen molar-refractivity contribution >= 4 is 17.6 Å². The summed E-state index contributed by atoms with van der Waals surface area (Å²) in [6, 6.07) is 4.79. The predicted molar refractivity (Wildman–Crippen MR) is 91.2 cm³/mol. The number of benzene rings is 1. The summed E-state index contributed by atoms with van der Waals surface area (Å²) in [6.45, 7) is 3.72. The SMILES string of the molecule is COC[C@H](C)NC(=O)N[C@@H]1CC(=O)N(c2ccc3c(c2)OCCO3)C1. The predicted octanol–water partition coefficient (Wildman–Crippen LogP) is 0.897. The molecule has 2 atom stereocenters. The van der Waals surface area contributed by atoms with Crippen LogP contribution in [0.2, 0.25) is 0 Å². The first-order valence-electron chi connectivity index (χ1n) is 8.33. The van der Waals surface area contributed by atoms with Gasteiger partial charge in [0.05, 0.1) is 18.7 Å². The Balaban J connectivity index is 1.60. The molecule has 0 spiro atoms. The van der Waals surface area contributed by atoms with E-state index in [0.717, 1.165) is 5.69 Å². The van der Waals surface area contributed by atoms with Crippen molar-refractivity contribution in [3.8, 4) is 11.5 Å². The van der Waals surface area contributed by atoms with Crippen molar-refractivity contribution in [2.75, 3.05) is 38.4 Å². The van der Waals surface area contributed by atoms with Crippen LogP contribution in [-0.2, 0) is 9.53 Å². The number of hydrogen-bond acceptors (Lipinski definition) is 5. The molecule has 2 aliphatic heterocycles. The van der Waals surface area contributed by atoms with Crippen molar-refractivity contribution in [2.45, 2.75) is 25.4 Å². The van der Waals surface area contributed by atoms with Crippen LogP contribution < -0.4 is 25.0 Å². The second kappa shape index (κ2) is 7.60. The fourth-order valence-corrected chi connectivity index (χ4v) is 3.00. The van der Waals surface area contributed by atoms with Crippen molar-refractivity contribution in [1.29, 1.82) is 0 Å². The zero-order chi connectivity index (χ0) is 17.8. The van der Waals surface area contributed by atoms with Crippen LogP contribution in [0.15, 0.2) is 18.2 Å². The van der Waals surface area contributed by atoms with Gasteiger partial charge in [-0.15, -0.1) is 0 Å². The second-order valence-electron chi connectivity index (χ2n) is 6.21. The fourth-order valence-electron chi connectivity index (χ4n) is 3.00. The van der Waals surface area contributed by atoms with Crippen molar-refractivity contribution in [3.63, 3.8) is 0 Å². The van der Waals surface area contributed by atoms with E-state index in [0.29, 0.717) is 37.9 Å². The number of ether oxygens (including phenoxy) is 3. The van der Waals surface area contributed by atoms with E-state index in [9.17, 15) is 9.59 Å². The molecule has 0 saturated carbocycles. The van der Waals surface area contributed by atoms with Crippen LogP contribution in [-0.4, -0.2) is 57.5 Å². The molecule has 2 N–H and O–H groups in total. The van der Waals surface area contributed by atoms with E-state index in [1.807, 2.05) is 13.0 Å². The molecule has 8 heteroatoms. The lowest BCUT2D eigenvalue weighted by molar-refractivity contribution is -0.117. The maximum Gasteiger partial charge on any atom is 0.315 e. The van der Waals surface area contributed by atoms with Gasteiger partial charge in [-0.2, -0.15) is 0 Å². The minimum atomic E-state index is -0.300. The van der Waals surface area contributed by atoms with E-state index in [4.69, 9.17) is 14.2 Å². The molecule has 8 nitrogen and oxygen atoms in total. The van der Waals surface area contributed by atoms with Gasteiger partial charge in [0.1, 0.15) is 13.2 Å². The summed E-state index contributed by atoms with van der Waals surface area (Å²) in [6.07, 6.45) is 0.264. The lowest BCUT2D eigenvalue weighted by Gasteiger charge is -2.22. The van der Waals surface area contributed by atoms with Crippen LogP contribution in [0.3, 0.4) is 0 Å². The first kappa shape index (κ1) is 17.3. The molecular weight excluding hydrogens is 326 g/mol. The van der Waals surface area contributed by atoms with Gasteiger partial charge in [0.15, 0.2) is 11.5 Å². The maximum atomic E-state index is 12.3. The van der Waals surface area contributed by atoms with Crippen LogP contribution in [0.5, 0.6) is 11.5 Å². The van der Waals surface area contributed by atoms with E-state index in [-0.39, 0.29) is 30.4 Å². The monoisotopic (exact) mass is 349 g/mol. The highest BCUT2D eigenvalue weighted by Gasteiger charge is 2.32. The first-order chi connectivity index (χ1) is 12.1. The minimum absolute atomic E-state index is 0.0353. The summed E-state index contributed by atoms with van der Waals surface area (Å²) < 4.78 is 16.0. The van der Waals surface area contributed by atoms with E-state index in [1.165, 1.54) is 0 Å². The van der Waals surface area contributed by atoms with Gasteiger partial charge in [0.2, 0.25) is 5.91 Å². The third-order valence-electron chi connectivity index (χ3n) is 4.09. The lowest BCUT2D eigenvalue weighted by Crippen LogP contribution is -2.47. The number of carbonyl (C=O) groups is 2. The molecule has 25 heavy (non-hydrogen) atoms. The Labute approximate surface area is 146 Å². The number of carbonyl (C=O) groups excluding carboxylic acids is 2. The van der Waals surface area contributed by atoms with Gasteiger partial charge >= 0.3 is 6.03 Å². The smallest absolute Gasteiger partial charge is 0.315 e. The Hall–Kier alpha value is -2.48. The molecule has 0 unspecified atom stereocenters. The number of nitrogens with one attached hydrogen (secondary N) is 2. The topological polar surface area (TPSA) is 89.1 Å². The molecule has 3 rings (SSSR count). The summed E-state index contributed by atoms with van der Waals surface area (Å²) >= 11 is 0. The Kier molecular flexibility index (Phi) is 5.28. The average Bonchev–Trinajstić information content (AvgIpc) is 2.94. The van der Waals surface area contributed by atoms with Crippen molar-refractivity contribution in [1.82, 2.24) is 10.6 Å². The van der Waals surface area contributed by atoms with Gasteiger partial charge in [-0.05, 0) is 19.1 Å². The summed E-state index contributed by atoms with van der Waals surface area (Å²) in [4.78, 5) is 26.0. The quantitative estimate of drug-likeness (QED) is 0.824. The Morgan fingerprint density at radius 2 is 2.12 bits per heavy atom. The number of methoxy groups -OCH3 is 1. The normalized spacial score (nSPS) is 20.3. The third-order valence-corrected chi connectivity index (χ3v) is 4.09. The third kappa shape index (κ3) is 4.14. The van der Waals surface area contributed by atoms with Gasteiger partial charge in [-0.25, -0.2) is 4.79 Å². The number of amides is 3. The van der Waals surface area contributed by atoms with Gasteiger partial charge in [-0.3, -0.25) is 4.79 Å². The van der Waals surface area contributed by atoms with E-state index in [2.05, 4.69) is 10.6 Å². The molecule has 3 amide bonds.